The van der Waals surface area contributed by atoms with Crippen LogP contribution in [-0.2, 0) is 21.2 Å². The van der Waals surface area contributed by atoms with E-state index in [1.54, 1.807) is 0 Å². The number of hydrogen-bond acceptors (Lipinski definition) is 4. The molecule has 1 aromatic carbocycles. The van der Waals surface area contributed by atoms with E-state index in [1.165, 1.54) is 5.56 Å². The molecular formula is C18H28N2O4S. The predicted octanol–water partition coefficient (Wildman–Crippen LogP) is 1.67. The molecule has 1 fully saturated rings. The molecule has 1 aliphatic rings. The van der Waals surface area contributed by atoms with Crippen LogP contribution in [0, 0.1) is 5.92 Å². The van der Waals surface area contributed by atoms with Gasteiger partial charge in [-0.1, -0.05) is 19.1 Å². The van der Waals surface area contributed by atoms with Crippen LogP contribution in [0.25, 0.3) is 0 Å². The number of ether oxygens (including phenoxy) is 1. The van der Waals surface area contributed by atoms with Crippen LogP contribution in [0.5, 0.6) is 0 Å². The first-order chi connectivity index (χ1) is 11.8. The van der Waals surface area contributed by atoms with E-state index >= 15 is 0 Å². The third-order valence-corrected chi connectivity index (χ3v) is 5.46. The third kappa shape index (κ3) is 5.80. The second-order valence-corrected chi connectivity index (χ2v) is 8.41. The average molecular weight is 368 g/mol. The normalized spacial score (nSPS) is 21.8. The maximum Gasteiger partial charge on any atom is 0.254 e. The van der Waals surface area contributed by atoms with Gasteiger partial charge < -0.3 is 9.64 Å². The minimum atomic E-state index is -3.20. The molecule has 0 saturated carbocycles. The van der Waals surface area contributed by atoms with E-state index in [2.05, 4.69) is 11.6 Å². The summed E-state index contributed by atoms with van der Waals surface area (Å²) in [5.74, 6) is 0.0948. The van der Waals surface area contributed by atoms with Gasteiger partial charge in [0.2, 0.25) is 10.0 Å². The molecule has 2 atom stereocenters. The van der Waals surface area contributed by atoms with Gasteiger partial charge in [0.15, 0.2) is 0 Å². The van der Waals surface area contributed by atoms with E-state index in [0.29, 0.717) is 38.3 Å². The highest BCUT2D eigenvalue weighted by Gasteiger charge is 2.30. The van der Waals surface area contributed by atoms with Crippen molar-refractivity contribution < 1.29 is 17.9 Å². The molecule has 1 amide bonds. The molecule has 0 unspecified atom stereocenters. The lowest BCUT2D eigenvalue weighted by molar-refractivity contribution is 0.0658. The molecule has 1 aromatic rings. The zero-order chi connectivity index (χ0) is 18.4. The van der Waals surface area contributed by atoms with E-state index < -0.39 is 10.0 Å². The molecule has 0 bridgehead atoms. The molecule has 6 nitrogen and oxygen atoms in total. The Balaban J connectivity index is 2.06. The van der Waals surface area contributed by atoms with Crippen molar-refractivity contribution in [3.63, 3.8) is 0 Å². The van der Waals surface area contributed by atoms with Crippen LogP contribution in [0.15, 0.2) is 24.3 Å². The molecule has 1 heterocycles. The summed E-state index contributed by atoms with van der Waals surface area (Å²) in [6.07, 6.45) is 2.72. The van der Waals surface area contributed by atoms with Crippen LogP contribution in [0.1, 0.15) is 36.2 Å². The van der Waals surface area contributed by atoms with Crippen LogP contribution in [0.3, 0.4) is 0 Å². The van der Waals surface area contributed by atoms with Crippen LogP contribution in [0.4, 0.5) is 0 Å². The first-order valence-electron chi connectivity index (χ1n) is 8.74. The first-order valence-corrected chi connectivity index (χ1v) is 10.6. The van der Waals surface area contributed by atoms with Crippen molar-refractivity contribution in [2.24, 2.45) is 5.92 Å². The lowest BCUT2D eigenvalue weighted by atomic mass is 9.96. The van der Waals surface area contributed by atoms with Crippen LogP contribution in [-0.4, -0.2) is 57.8 Å². The minimum Gasteiger partial charge on any atom is -0.379 e. The monoisotopic (exact) mass is 368 g/mol. The highest BCUT2D eigenvalue weighted by molar-refractivity contribution is 7.88. The molecule has 2 rings (SSSR count). The van der Waals surface area contributed by atoms with Gasteiger partial charge in [-0.3, -0.25) is 4.79 Å². The Hall–Kier alpha value is -1.44. The minimum absolute atomic E-state index is 0.00160. The number of carbonyl (C=O) groups is 1. The van der Waals surface area contributed by atoms with Gasteiger partial charge in [-0.15, -0.1) is 0 Å². The summed E-state index contributed by atoms with van der Waals surface area (Å²) in [5, 5.41) is 0. The third-order valence-electron chi connectivity index (χ3n) is 4.73. The highest BCUT2D eigenvalue weighted by atomic mass is 32.2. The van der Waals surface area contributed by atoms with Gasteiger partial charge in [-0.2, -0.15) is 0 Å². The second kappa shape index (κ2) is 8.78. The van der Waals surface area contributed by atoms with E-state index in [0.717, 1.165) is 12.7 Å². The molecule has 0 spiro atoms. The fourth-order valence-corrected chi connectivity index (χ4v) is 3.57. The van der Waals surface area contributed by atoms with Gasteiger partial charge in [0.25, 0.3) is 5.91 Å². The lowest BCUT2D eigenvalue weighted by Gasteiger charge is -2.31. The van der Waals surface area contributed by atoms with Crippen LogP contribution >= 0.6 is 0 Å². The van der Waals surface area contributed by atoms with Crippen LogP contribution in [0.2, 0.25) is 0 Å². The Labute approximate surface area is 150 Å². The summed E-state index contributed by atoms with van der Waals surface area (Å²) in [5.41, 5.74) is 1.88. The zero-order valence-electron chi connectivity index (χ0n) is 15.2. The number of aryl methyl sites for hydroxylation is 1. The quantitative estimate of drug-likeness (QED) is 0.829. The Morgan fingerprint density at radius 3 is 2.60 bits per heavy atom. The second-order valence-electron chi connectivity index (χ2n) is 6.58. The number of rotatable bonds is 6. The number of nitrogens with one attached hydrogen (secondary N) is 1. The van der Waals surface area contributed by atoms with E-state index in [-0.39, 0.29) is 17.9 Å². The Morgan fingerprint density at radius 1 is 1.32 bits per heavy atom. The number of sulfonamides is 1. The number of hydrogen-bond donors (Lipinski definition) is 1. The Bertz CT molecular complexity index is 673. The van der Waals surface area contributed by atoms with Crippen molar-refractivity contribution in [1.29, 1.82) is 0 Å². The number of amides is 1. The van der Waals surface area contributed by atoms with Gasteiger partial charge >= 0.3 is 0 Å². The van der Waals surface area contributed by atoms with E-state index in [1.807, 2.05) is 36.1 Å². The Morgan fingerprint density at radius 2 is 2.00 bits per heavy atom. The van der Waals surface area contributed by atoms with Gasteiger partial charge in [-0.05, 0) is 37.5 Å². The zero-order valence-corrected chi connectivity index (χ0v) is 16.0. The molecule has 0 aromatic heterocycles. The van der Waals surface area contributed by atoms with Gasteiger partial charge in [-0.25, -0.2) is 13.1 Å². The molecule has 1 saturated heterocycles. The summed E-state index contributed by atoms with van der Waals surface area (Å²) in [6, 6.07) is 7.71. The summed E-state index contributed by atoms with van der Waals surface area (Å²) in [7, 11) is -3.20. The smallest absolute Gasteiger partial charge is 0.254 e. The summed E-state index contributed by atoms with van der Waals surface area (Å²) < 4.78 is 30.6. The highest BCUT2D eigenvalue weighted by Crippen LogP contribution is 2.21. The van der Waals surface area contributed by atoms with Crippen molar-refractivity contribution >= 4 is 15.9 Å². The molecule has 1 aliphatic heterocycles. The molecule has 25 heavy (non-hydrogen) atoms. The molecule has 140 valence electrons. The maximum atomic E-state index is 12.9. The summed E-state index contributed by atoms with van der Waals surface area (Å²) >= 11 is 0. The van der Waals surface area contributed by atoms with Crippen molar-refractivity contribution in [3.05, 3.63) is 35.4 Å². The molecular weight excluding hydrogens is 340 g/mol. The van der Waals surface area contributed by atoms with Gasteiger partial charge in [0, 0.05) is 30.6 Å². The van der Waals surface area contributed by atoms with E-state index in [4.69, 9.17) is 4.74 Å². The van der Waals surface area contributed by atoms with Crippen molar-refractivity contribution in [2.75, 3.05) is 32.6 Å². The van der Waals surface area contributed by atoms with Gasteiger partial charge in [0.05, 0.1) is 19.5 Å². The molecule has 0 radical (unpaired) electrons. The van der Waals surface area contributed by atoms with E-state index in [9.17, 15) is 13.2 Å². The number of carbonyl (C=O) groups excluding carboxylic acids is 1. The van der Waals surface area contributed by atoms with Crippen molar-refractivity contribution in [2.45, 2.75) is 32.7 Å². The Kier molecular flexibility index (Phi) is 6.98. The first kappa shape index (κ1) is 19.9. The number of benzene rings is 1. The van der Waals surface area contributed by atoms with Crippen LogP contribution < -0.4 is 4.72 Å². The fraction of sp³-hybridized carbons (Fsp3) is 0.611. The average Bonchev–Trinajstić information content (AvgIpc) is 2.75. The predicted molar refractivity (Wildman–Crippen MR) is 98.1 cm³/mol. The topological polar surface area (TPSA) is 75.7 Å². The summed E-state index contributed by atoms with van der Waals surface area (Å²) in [6.45, 7) is 6.03. The SMILES string of the molecule is CCc1ccc(C(=O)N2CCOC[C@@H](CCNS(C)(=O)=O)[C@@H]2C)cc1. The van der Waals surface area contributed by atoms with Crippen molar-refractivity contribution in [3.8, 4) is 0 Å². The summed E-state index contributed by atoms with van der Waals surface area (Å²) in [4.78, 5) is 14.7. The number of nitrogens with zero attached hydrogens (tertiary/aromatic N) is 1. The molecule has 1 N–H and O–H groups in total. The molecule has 0 aliphatic carbocycles. The fourth-order valence-electron chi connectivity index (χ4n) is 3.08. The molecule has 7 heteroatoms. The van der Waals surface area contributed by atoms with Gasteiger partial charge in [0.1, 0.15) is 0 Å². The lowest BCUT2D eigenvalue weighted by Crippen LogP contribution is -2.44. The standard InChI is InChI=1S/C18H28N2O4S/c1-4-15-5-7-16(8-6-15)18(21)20-11-12-24-13-17(14(20)2)9-10-19-25(3,22)23/h5-8,14,17,19H,4,9-13H2,1-3H3/t14-,17+/m0/s1. The maximum absolute atomic E-state index is 12.9. The largest absolute Gasteiger partial charge is 0.379 e. The van der Waals surface area contributed by atoms with Crippen molar-refractivity contribution in [1.82, 2.24) is 9.62 Å².